The van der Waals surface area contributed by atoms with Crippen LogP contribution in [0.3, 0.4) is 0 Å². The van der Waals surface area contributed by atoms with Crippen LogP contribution in [0.5, 0.6) is 0 Å². The zero-order valence-corrected chi connectivity index (χ0v) is 11.6. The minimum absolute atomic E-state index is 0.350. The molecule has 0 spiro atoms. The highest BCUT2D eigenvalue weighted by Crippen LogP contribution is 2.06. The second kappa shape index (κ2) is 5.56. The first-order chi connectivity index (χ1) is 9.49. The Hall–Kier alpha value is -2.63. The maximum atomic E-state index is 11.6. The monoisotopic (exact) mass is 272 g/mol. The number of nitrogens with one attached hydrogen (secondary N) is 1. The van der Waals surface area contributed by atoms with E-state index in [1.165, 1.54) is 18.1 Å². The lowest BCUT2D eigenvalue weighted by Crippen LogP contribution is -2.33. The molecule has 6 heteroatoms. The van der Waals surface area contributed by atoms with Crippen LogP contribution < -0.4 is 16.3 Å². The number of aromatic nitrogens is 2. The van der Waals surface area contributed by atoms with Crippen LogP contribution in [-0.2, 0) is 7.05 Å². The van der Waals surface area contributed by atoms with Crippen LogP contribution >= 0.6 is 0 Å². The zero-order chi connectivity index (χ0) is 14.7. The van der Waals surface area contributed by atoms with Crippen molar-refractivity contribution in [3.63, 3.8) is 0 Å². The maximum Gasteiger partial charge on any atom is 0.329 e. The number of H-pyrrole nitrogens is 1. The topological polar surface area (TPSA) is 70.5 Å². The highest BCUT2D eigenvalue weighted by atomic mass is 16.2. The van der Waals surface area contributed by atoms with Gasteiger partial charge in [-0.05, 0) is 18.1 Å². The third kappa shape index (κ3) is 2.85. The van der Waals surface area contributed by atoms with Crippen LogP contribution in [-0.4, -0.2) is 22.8 Å². The summed E-state index contributed by atoms with van der Waals surface area (Å²) in [6.07, 6.45) is 1.69. The van der Waals surface area contributed by atoms with E-state index >= 15 is 0 Å². The summed E-state index contributed by atoms with van der Waals surface area (Å²) in [6.45, 7) is 1.99. The molecule has 0 atom stereocenters. The third-order valence-electron chi connectivity index (χ3n) is 3.04. The average molecular weight is 272 g/mol. The fourth-order valence-corrected chi connectivity index (χ4v) is 1.66. The molecule has 2 rings (SSSR count). The van der Waals surface area contributed by atoms with Gasteiger partial charge in [-0.25, -0.2) is 4.79 Å². The molecule has 0 aliphatic rings. The molecule has 1 aromatic carbocycles. The first kappa shape index (κ1) is 13.8. The summed E-state index contributed by atoms with van der Waals surface area (Å²) in [6, 6.07) is 9.14. The highest BCUT2D eigenvalue weighted by molar-refractivity contribution is 5.82. The molecule has 0 unspecified atom stereocenters. The van der Waals surface area contributed by atoms with E-state index in [1.54, 1.807) is 13.3 Å². The largest absolute Gasteiger partial charge is 0.329 e. The Balaban J connectivity index is 2.29. The lowest BCUT2D eigenvalue weighted by molar-refractivity contribution is 0.766. The first-order valence-electron chi connectivity index (χ1n) is 6.13. The number of benzene rings is 1. The van der Waals surface area contributed by atoms with Gasteiger partial charge < -0.3 is 0 Å². The number of hydrazone groups is 1. The van der Waals surface area contributed by atoms with E-state index in [-0.39, 0.29) is 5.56 Å². The molecule has 0 amide bonds. The fraction of sp³-hybridized carbons (Fsp3) is 0.214. The summed E-state index contributed by atoms with van der Waals surface area (Å²) in [7, 11) is 3.08. The van der Waals surface area contributed by atoms with Crippen molar-refractivity contribution in [2.75, 3.05) is 12.1 Å². The Morgan fingerprint density at radius 1 is 1.30 bits per heavy atom. The van der Waals surface area contributed by atoms with Gasteiger partial charge in [-0.15, -0.1) is 0 Å². The number of nitrogens with zero attached hydrogens (tertiary/aromatic N) is 3. The van der Waals surface area contributed by atoms with Gasteiger partial charge in [0, 0.05) is 20.2 Å². The normalized spacial score (nSPS) is 10.9. The summed E-state index contributed by atoms with van der Waals surface area (Å²) >= 11 is 0. The Bertz CT molecular complexity index is 727. The second-order valence-electron chi connectivity index (χ2n) is 4.48. The quantitative estimate of drug-likeness (QED) is 0.665. The molecular formula is C14H16N4O2. The van der Waals surface area contributed by atoms with Gasteiger partial charge >= 0.3 is 5.69 Å². The average Bonchev–Trinajstić information content (AvgIpc) is 2.43. The summed E-state index contributed by atoms with van der Waals surface area (Å²) in [5.41, 5.74) is 1.24. The smallest absolute Gasteiger partial charge is 0.292 e. The molecule has 1 N–H and O–H groups in total. The van der Waals surface area contributed by atoms with E-state index in [9.17, 15) is 9.59 Å². The molecule has 0 aliphatic heterocycles. The Labute approximate surface area is 116 Å². The van der Waals surface area contributed by atoms with E-state index in [2.05, 4.69) is 10.1 Å². The van der Waals surface area contributed by atoms with Crippen LogP contribution in [0.2, 0.25) is 0 Å². The summed E-state index contributed by atoms with van der Waals surface area (Å²) in [4.78, 5) is 25.7. The van der Waals surface area contributed by atoms with Crippen molar-refractivity contribution < 1.29 is 0 Å². The number of aryl methyl sites for hydroxylation is 1. The minimum Gasteiger partial charge on any atom is -0.292 e. The third-order valence-corrected chi connectivity index (χ3v) is 3.04. The van der Waals surface area contributed by atoms with Gasteiger partial charge in [-0.3, -0.25) is 19.4 Å². The molecule has 0 saturated carbocycles. The van der Waals surface area contributed by atoms with Crippen LogP contribution in [0, 0.1) is 6.92 Å². The van der Waals surface area contributed by atoms with Gasteiger partial charge in [0.1, 0.15) is 5.82 Å². The Morgan fingerprint density at radius 2 is 2.00 bits per heavy atom. The Kier molecular flexibility index (Phi) is 3.84. The van der Waals surface area contributed by atoms with Crippen molar-refractivity contribution in [1.82, 2.24) is 9.55 Å². The van der Waals surface area contributed by atoms with E-state index < -0.39 is 5.69 Å². The van der Waals surface area contributed by atoms with Crippen molar-refractivity contribution in [3.8, 4) is 0 Å². The highest BCUT2D eigenvalue weighted by Gasteiger charge is 2.04. The van der Waals surface area contributed by atoms with Crippen molar-refractivity contribution in [1.29, 1.82) is 0 Å². The molecule has 6 nitrogen and oxygen atoms in total. The van der Waals surface area contributed by atoms with E-state index in [1.807, 2.05) is 31.2 Å². The van der Waals surface area contributed by atoms with Crippen molar-refractivity contribution in [2.24, 2.45) is 12.1 Å². The van der Waals surface area contributed by atoms with Crippen molar-refractivity contribution >= 4 is 12.0 Å². The van der Waals surface area contributed by atoms with Crippen molar-refractivity contribution in [3.05, 3.63) is 62.3 Å². The van der Waals surface area contributed by atoms with Crippen LogP contribution in [0.15, 0.2) is 45.0 Å². The number of hydrogen-bond acceptors (Lipinski definition) is 4. The molecule has 1 heterocycles. The minimum atomic E-state index is -0.467. The van der Waals surface area contributed by atoms with E-state index in [4.69, 9.17) is 0 Å². The number of aromatic amines is 1. The first-order valence-corrected chi connectivity index (χ1v) is 6.13. The Morgan fingerprint density at radius 3 is 2.65 bits per heavy atom. The van der Waals surface area contributed by atoms with Gasteiger partial charge in [-0.1, -0.05) is 24.3 Å². The number of hydrogen-bond donors (Lipinski definition) is 1. The molecule has 2 aromatic rings. The molecule has 0 saturated heterocycles. The molecule has 0 bridgehead atoms. The van der Waals surface area contributed by atoms with Crippen LogP contribution in [0.4, 0.5) is 5.82 Å². The van der Waals surface area contributed by atoms with Gasteiger partial charge in [-0.2, -0.15) is 5.10 Å². The van der Waals surface area contributed by atoms with Gasteiger partial charge in [0.15, 0.2) is 0 Å². The van der Waals surface area contributed by atoms with Gasteiger partial charge in [0.05, 0.1) is 6.21 Å². The number of anilines is 1. The predicted molar refractivity (Wildman–Crippen MR) is 79.5 cm³/mol. The van der Waals surface area contributed by atoms with Gasteiger partial charge in [0.2, 0.25) is 0 Å². The standard InChI is InChI=1S/C14H16N4O2/c1-10-6-4-5-7-11(10)9-15-18(3)12-8-13(19)17(2)14(20)16-12/h4-9H,1-3H3,(H,16,20)/b15-9+. The van der Waals surface area contributed by atoms with Crippen LogP contribution in [0.25, 0.3) is 0 Å². The van der Waals surface area contributed by atoms with E-state index in [0.717, 1.165) is 15.7 Å². The summed E-state index contributed by atoms with van der Waals surface area (Å²) < 4.78 is 1.00. The molecular weight excluding hydrogens is 256 g/mol. The molecule has 0 radical (unpaired) electrons. The molecule has 1 aromatic heterocycles. The zero-order valence-electron chi connectivity index (χ0n) is 11.6. The van der Waals surface area contributed by atoms with Crippen molar-refractivity contribution in [2.45, 2.75) is 6.92 Å². The maximum absolute atomic E-state index is 11.6. The lowest BCUT2D eigenvalue weighted by Gasteiger charge is -2.12. The predicted octanol–water partition coefficient (Wildman–Crippen LogP) is 0.852. The molecule has 0 aliphatic carbocycles. The SMILES string of the molecule is Cc1ccccc1/C=N/N(C)c1cc(=O)n(C)c(=O)[nH]1. The summed E-state index contributed by atoms with van der Waals surface area (Å²) in [5, 5.41) is 5.68. The lowest BCUT2D eigenvalue weighted by atomic mass is 10.1. The summed E-state index contributed by atoms with van der Waals surface area (Å²) in [5.74, 6) is 0.350. The van der Waals surface area contributed by atoms with Gasteiger partial charge in [0.25, 0.3) is 5.56 Å². The molecule has 0 fully saturated rings. The second-order valence-corrected chi connectivity index (χ2v) is 4.48. The molecule has 104 valence electrons. The fourth-order valence-electron chi connectivity index (χ4n) is 1.66. The van der Waals surface area contributed by atoms with E-state index in [0.29, 0.717) is 5.82 Å². The van der Waals surface area contributed by atoms with Crippen LogP contribution in [0.1, 0.15) is 11.1 Å². The molecule has 20 heavy (non-hydrogen) atoms. The number of rotatable bonds is 3.